The van der Waals surface area contributed by atoms with Crippen LogP contribution < -0.4 is 31.5 Å². The Hall–Kier alpha value is -3.38. The van der Waals surface area contributed by atoms with E-state index in [4.69, 9.17) is 27.3 Å². The highest BCUT2D eigenvalue weighted by molar-refractivity contribution is 8.21. The molecule has 0 heterocycles. The number of hydroxylamine groups is 1. The number of aliphatic carboxylic acids is 4. The summed E-state index contributed by atoms with van der Waals surface area (Å²) in [6.45, 7) is -1.35. The fraction of sp³-hybridized carbons (Fsp3) is 0.571. The van der Waals surface area contributed by atoms with Crippen molar-refractivity contribution in [2.75, 3.05) is 24.6 Å². The van der Waals surface area contributed by atoms with E-state index in [9.17, 15) is 48.6 Å². The Labute approximate surface area is 270 Å². The number of thiocarbonyl (C=S) groups is 1. The second-order valence-electron chi connectivity index (χ2n) is 8.38. The zero-order valence-corrected chi connectivity index (χ0v) is 26.1. The Morgan fingerprint density at radius 3 is 1.45 bits per heavy atom. The molecule has 23 heteroatoms. The van der Waals surface area contributed by atoms with Crippen molar-refractivity contribution in [3.63, 3.8) is 0 Å². The SMILES string of the molecule is O=C(O)CNC(=O)[C@H](CS)NC(=O)CC[C@H](NOC(=S)SN[C@@H](CCC(=O)N[C@@H](CS)C(=O)NCC(=O)O)C(=O)O)C(=O)O. The maximum Gasteiger partial charge on any atom is 0.324 e. The highest BCUT2D eigenvalue weighted by Crippen LogP contribution is 2.08. The van der Waals surface area contributed by atoms with Gasteiger partial charge in [0.1, 0.15) is 37.3 Å². The van der Waals surface area contributed by atoms with E-state index in [1.165, 1.54) is 0 Å². The number of carboxylic acid groups (broad SMARTS) is 4. The highest BCUT2D eigenvalue weighted by Gasteiger charge is 2.25. The van der Waals surface area contributed by atoms with Crippen LogP contribution in [0.5, 0.6) is 0 Å². The van der Waals surface area contributed by atoms with Crippen molar-refractivity contribution in [1.82, 2.24) is 31.5 Å². The standard InChI is InChI=1S/C21H32N6O13S4/c28-13(24-11(7-41)17(34)22-5-15(30)31)3-1-9(19(36)37)26-40-21(43)44-27-10(20(38)39)2-4-14(29)25-12(8-42)18(35)23-6-16(32)33/h9-12,26-27,41-42H,1-8H2,(H,22,34)(H,23,35)(H,24,28)(H,25,29)(H,30,31)(H,32,33)(H,36,37)(H,38,39)/t9-,10-,11-,12-/m0/s1. The van der Waals surface area contributed by atoms with E-state index in [2.05, 4.69) is 56.7 Å². The van der Waals surface area contributed by atoms with Crippen LogP contribution in [-0.4, -0.2) is 121 Å². The van der Waals surface area contributed by atoms with Gasteiger partial charge in [0.05, 0.1) is 0 Å². The maximum atomic E-state index is 12.2. The van der Waals surface area contributed by atoms with Gasteiger partial charge in [-0.05, 0) is 25.1 Å². The molecule has 0 aromatic heterocycles. The average molecular weight is 705 g/mol. The molecular formula is C21H32N6O13S4. The molecule has 0 aliphatic heterocycles. The first-order chi connectivity index (χ1) is 20.6. The summed E-state index contributed by atoms with van der Waals surface area (Å²) in [5, 5.41) is 44.8. The Bertz CT molecular complexity index is 1000. The molecule has 19 nitrogen and oxygen atoms in total. The molecule has 0 aromatic carbocycles. The van der Waals surface area contributed by atoms with Gasteiger partial charge in [0.2, 0.25) is 23.6 Å². The Morgan fingerprint density at radius 2 is 1.09 bits per heavy atom. The number of hydrogen-bond donors (Lipinski definition) is 12. The lowest BCUT2D eigenvalue weighted by atomic mass is 10.1. The van der Waals surface area contributed by atoms with Crippen molar-refractivity contribution in [3.05, 3.63) is 0 Å². The molecule has 0 aliphatic rings. The minimum Gasteiger partial charge on any atom is -0.480 e. The molecule has 0 rings (SSSR count). The number of hydrogen-bond acceptors (Lipinski definition) is 15. The summed E-state index contributed by atoms with van der Waals surface area (Å²) in [5.74, 6) is -8.78. The van der Waals surface area contributed by atoms with Crippen LogP contribution in [0.15, 0.2) is 0 Å². The summed E-state index contributed by atoms with van der Waals surface area (Å²) in [4.78, 5) is 97.3. The second-order valence-corrected chi connectivity index (χ2v) is 10.5. The van der Waals surface area contributed by atoms with Gasteiger partial charge in [-0.25, -0.2) is 4.72 Å². The van der Waals surface area contributed by atoms with Gasteiger partial charge in [-0.15, -0.1) is 5.48 Å². The Kier molecular flexibility index (Phi) is 20.5. The first kappa shape index (κ1) is 40.6. The molecule has 44 heavy (non-hydrogen) atoms. The lowest BCUT2D eigenvalue weighted by Crippen LogP contribution is -2.49. The van der Waals surface area contributed by atoms with Gasteiger partial charge in [-0.2, -0.15) is 25.3 Å². The van der Waals surface area contributed by atoms with E-state index in [1.807, 2.05) is 0 Å². The van der Waals surface area contributed by atoms with E-state index in [0.29, 0.717) is 11.9 Å². The number of rotatable bonds is 22. The van der Waals surface area contributed by atoms with Crippen molar-refractivity contribution in [2.45, 2.75) is 49.9 Å². The predicted octanol–water partition coefficient (Wildman–Crippen LogP) is -3.27. The molecule has 248 valence electrons. The maximum absolute atomic E-state index is 12.2. The topological polar surface area (TPSA) is 299 Å². The lowest BCUT2D eigenvalue weighted by Gasteiger charge is -2.18. The largest absolute Gasteiger partial charge is 0.480 e. The minimum atomic E-state index is -1.47. The average Bonchev–Trinajstić information content (AvgIpc) is 2.95. The summed E-state index contributed by atoms with van der Waals surface area (Å²) < 4.78 is 2.04. The number of nitrogens with one attached hydrogen (secondary N) is 6. The van der Waals surface area contributed by atoms with Crippen LogP contribution in [0.1, 0.15) is 25.7 Å². The van der Waals surface area contributed by atoms with Gasteiger partial charge in [0, 0.05) is 36.3 Å². The van der Waals surface area contributed by atoms with E-state index in [0.717, 1.165) is 0 Å². The fourth-order valence-corrected chi connectivity index (χ4v) is 4.02. The first-order valence-electron chi connectivity index (χ1n) is 12.2. The van der Waals surface area contributed by atoms with E-state index in [1.54, 1.807) is 0 Å². The van der Waals surface area contributed by atoms with Crippen molar-refractivity contribution in [2.24, 2.45) is 0 Å². The summed E-state index contributed by atoms with van der Waals surface area (Å²) in [5.41, 5.74) is 2.12. The van der Waals surface area contributed by atoms with E-state index < -0.39 is 95.6 Å². The van der Waals surface area contributed by atoms with Crippen LogP contribution in [0, 0.1) is 0 Å². The number of carbonyl (C=O) groups is 8. The minimum absolute atomic E-state index is 0.157. The van der Waals surface area contributed by atoms with Gasteiger partial charge in [0.25, 0.3) is 4.38 Å². The fourth-order valence-electron chi connectivity index (χ4n) is 2.77. The molecule has 0 fully saturated rings. The molecule has 4 amide bonds. The van der Waals surface area contributed by atoms with Gasteiger partial charge < -0.3 is 46.5 Å². The normalized spacial score (nSPS) is 13.2. The monoisotopic (exact) mass is 704 g/mol. The molecular weight excluding hydrogens is 673 g/mol. The molecule has 10 N–H and O–H groups in total. The molecule has 0 spiro atoms. The third-order valence-corrected chi connectivity index (χ3v) is 6.70. The summed E-state index contributed by atoms with van der Waals surface area (Å²) in [7, 11) is 0. The summed E-state index contributed by atoms with van der Waals surface area (Å²) in [6, 6.07) is -5.16. The Morgan fingerprint density at radius 1 is 0.682 bits per heavy atom. The third kappa shape index (κ3) is 18.3. The second kappa shape index (κ2) is 22.2. The van der Waals surface area contributed by atoms with Gasteiger partial charge in [-0.3, -0.25) is 38.4 Å². The van der Waals surface area contributed by atoms with Crippen LogP contribution in [0.3, 0.4) is 0 Å². The summed E-state index contributed by atoms with van der Waals surface area (Å²) >= 11 is 13.2. The zero-order chi connectivity index (χ0) is 33.8. The molecule has 0 unspecified atom stereocenters. The molecule has 0 saturated heterocycles. The van der Waals surface area contributed by atoms with Crippen LogP contribution in [0.2, 0.25) is 0 Å². The van der Waals surface area contributed by atoms with E-state index >= 15 is 0 Å². The molecule has 0 saturated carbocycles. The number of thiol groups is 2. The summed E-state index contributed by atoms with van der Waals surface area (Å²) in [6.07, 6.45) is -1.40. The smallest absolute Gasteiger partial charge is 0.324 e. The number of carbonyl (C=O) groups excluding carboxylic acids is 4. The number of carboxylic acids is 4. The van der Waals surface area contributed by atoms with Crippen LogP contribution >= 0.6 is 49.4 Å². The van der Waals surface area contributed by atoms with Crippen molar-refractivity contribution in [1.29, 1.82) is 0 Å². The molecule has 0 aromatic rings. The molecule has 0 bridgehead atoms. The first-order valence-corrected chi connectivity index (χ1v) is 14.7. The van der Waals surface area contributed by atoms with Gasteiger partial charge in [-0.1, -0.05) is 0 Å². The van der Waals surface area contributed by atoms with Crippen molar-refractivity contribution < 1.29 is 63.6 Å². The predicted molar refractivity (Wildman–Crippen MR) is 162 cm³/mol. The van der Waals surface area contributed by atoms with Crippen LogP contribution in [0.25, 0.3) is 0 Å². The molecule has 4 atom stereocenters. The molecule has 0 aliphatic carbocycles. The van der Waals surface area contributed by atoms with Gasteiger partial charge >= 0.3 is 23.9 Å². The van der Waals surface area contributed by atoms with Crippen molar-refractivity contribution in [3.8, 4) is 0 Å². The van der Waals surface area contributed by atoms with Crippen molar-refractivity contribution >= 4 is 101 Å². The molecule has 0 radical (unpaired) electrons. The van der Waals surface area contributed by atoms with E-state index in [-0.39, 0.29) is 30.8 Å². The Balaban J connectivity index is 4.74. The van der Waals surface area contributed by atoms with Crippen LogP contribution in [0.4, 0.5) is 0 Å². The number of amides is 4. The lowest BCUT2D eigenvalue weighted by molar-refractivity contribution is -0.142. The van der Waals surface area contributed by atoms with Gasteiger partial charge in [0.15, 0.2) is 0 Å². The quantitative estimate of drug-likeness (QED) is 0.0228. The zero-order valence-electron chi connectivity index (χ0n) is 22.6. The highest BCUT2D eigenvalue weighted by atomic mass is 32.2. The van der Waals surface area contributed by atoms with Crippen LogP contribution in [-0.2, 0) is 43.2 Å². The third-order valence-electron chi connectivity index (χ3n) is 4.98.